The third-order valence-corrected chi connectivity index (χ3v) is 15.6. The molecule has 3 aromatic carbocycles. The Balaban J connectivity index is 0.000000472. The summed E-state index contributed by atoms with van der Waals surface area (Å²) in [7, 11) is -15.8. The Kier molecular flexibility index (Phi) is 22.4. The van der Waals surface area contributed by atoms with Crippen LogP contribution in [0.15, 0.2) is 148 Å². The first-order valence-electron chi connectivity index (χ1n) is 22.3. The molecular formula is C46H50N12O15S6. The highest BCUT2D eigenvalue weighted by Crippen LogP contribution is 2.37. The van der Waals surface area contributed by atoms with Crippen molar-refractivity contribution in [2.24, 2.45) is 20.5 Å². The molecule has 0 spiro atoms. The van der Waals surface area contributed by atoms with Crippen LogP contribution in [0, 0.1) is 29.6 Å². The number of hydrogen-bond acceptors (Lipinski definition) is 21. The Morgan fingerprint density at radius 1 is 0.848 bits per heavy atom. The van der Waals surface area contributed by atoms with Crippen molar-refractivity contribution in [1.82, 2.24) is 20.0 Å². The van der Waals surface area contributed by atoms with E-state index in [1.807, 2.05) is 26.8 Å². The molecule has 0 fully saturated rings. The number of nitriles is 2. The highest BCUT2D eigenvalue weighted by molar-refractivity contribution is 7.90. The van der Waals surface area contributed by atoms with Crippen molar-refractivity contribution >= 4 is 108 Å². The molecule has 3 atom stereocenters. The lowest BCUT2D eigenvalue weighted by molar-refractivity contribution is 0.319. The average Bonchev–Trinajstić information content (AvgIpc) is 4.02. The molecule has 5 aromatic rings. The molecule has 0 aliphatic rings. The third-order valence-electron chi connectivity index (χ3n) is 11.0. The van der Waals surface area contributed by atoms with E-state index in [9.17, 15) is 62.1 Å². The molecule has 2 aromatic heterocycles. The second kappa shape index (κ2) is 27.6. The van der Waals surface area contributed by atoms with Gasteiger partial charge in [-0.2, -0.15) is 49.9 Å². The van der Waals surface area contributed by atoms with E-state index in [1.54, 1.807) is 6.92 Å². The maximum absolute atomic E-state index is 12.6. The number of nitrogens with zero attached hydrogens (tertiary/aromatic N) is 10. The number of fused-ring (bicyclic) bond motifs is 3. The van der Waals surface area contributed by atoms with Gasteiger partial charge in [0.15, 0.2) is 16.9 Å². The Morgan fingerprint density at radius 2 is 1.51 bits per heavy atom. The lowest BCUT2D eigenvalue weighted by Crippen LogP contribution is -2.15. The smallest absolute Gasteiger partial charge is 0.301 e. The van der Waals surface area contributed by atoms with E-state index in [1.165, 1.54) is 36.6 Å². The molecule has 0 amide bonds. The van der Waals surface area contributed by atoms with Gasteiger partial charge < -0.3 is 15.2 Å². The second-order valence-corrected chi connectivity index (χ2v) is 23.4. The standard InChI is InChI=1S/C29H27N9O12S5.C17H23N3O3S/c1-3-51(39)11-9-32-29-26(16(2)21(15-30)28(33-29)31-8-10-50-53(42)43)35-34-22-6-4-17(12-25(22)55(47,48)49)38-36-23-7-5-19-20(27(23)37-38)13-18(52(40)41)14-24(19)54(44,45)46;1-8-11(3)16(10-18)13(5)17(12(4)9-2)20-19-14(6)15(7)24(21,22)23/h3-7,12-14H,1,8-11H2,2H3,(H,40,41)(H,42,43)(H2,31,32,33)(H,44,45,46)(H,47,48,49);3,6-9H2,1-2,4-5H3,(H,21,22,23)/b;16-13-,17-12-,20-19?. The van der Waals surface area contributed by atoms with E-state index in [0.717, 1.165) is 28.6 Å². The molecule has 0 radical (unpaired) electrons. The summed E-state index contributed by atoms with van der Waals surface area (Å²) in [6.45, 7) is 22.7. The van der Waals surface area contributed by atoms with E-state index >= 15 is 0 Å². The van der Waals surface area contributed by atoms with Crippen molar-refractivity contribution in [3.05, 3.63) is 124 Å². The molecule has 0 aliphatic carbocycles. The predicted octanol–water partition coefficient (Wildman–Crippen LogP) is 8.35. The number of nitrogens with one attached hydrogen (secondary N) is 2. The minimum Gasteiger partial charge on any atom is -0.367 e. The SMILES string of the molecule is C=C(N=NC(=C(/C)CC)/C(C)=C(/C#N)C(=C)CC)C(=C)S(=O)(=O)O.C=CS(=O)CCNc1nc(NCCOS(=O)O)c(C#N)c(C)c1N=Nc1ccc(-n2nc3ccc4c(S(=O)(=O)O)cc(S(=O)O)cc4c3n2)cc1S(=O)(=O)O. The van der Waals surface area contributed by atoms with E-state index in [-0.39, 0.29) is 97.7 Å². The molecule has 79 heavy (non-hydrogen) atoms. The number of anilines is 2. The average molecular weight is 1200 g/mol. The van der Waals surface area contributed by atoms with Crippen LogP contribution in [-0.2, 0) is 67.8 Å². The predicted molar refractivity (Wildman–Crippen MR) is 295 cm³/mol. The number of pyridine rings is 1. The largest absolute Gasteiger partial charge is 0.367 e. The fraction of sp³-hybridized carbons (Fsp3) is 0.239. The van der Waals surface area contributed by atoms with E-state index in [4.69, 9.17) is 9.11 Å². The second-order valence-electron chi connectivity index (χ2n) is 16.0. The van der Waals surface area contributed by atoms with Gasteiger partial charge in [-0.25, -0.2) is 9.19 Å². The summed E-state index contributed by atoms with van der Waals surface area (Å²) in [4.78, 5) is 2.93. The number of benzene rings is 3. The lowest BCUT2D eigenvalue weighted by atomic mass is 9.97. The Labute approximate surface area is 461 Å². The Hall–Kier alpha value is -7.25. The molecule has 27 nitrogen and oxygen atoms in total. The molecule has 3 unspecified atom stereocenters. The molecule has 420 valence electrons. The first kappa shape index (κ1) is 64.3. The zero-order valence-corrected chi connectivity index (χ0v) is 47.3. The molecule has 5 rings (SSSR count). The molecule has 0 saturated carbocycles. The maximum atomic E-state index is 12.6. The monoisotopic (exact) mass is 1200 g/mol. The first-order valence-corrected chi connectivity index (χ1v) is 30.2. The fourth-order valence-corrected chi connectivity index (χ4v) is 9.65. The van der Waals surface area contributed by atoms with Gasteiger partial charge in [-0.15, -0.1) is 25.5 Å². The van der Waals surface area contributed by atoms with Crippen molar-refractivity contribution < 1.29 is 64.8 Å². The molecule has 2 heterocycles. The number of hydrogen-bond donors (Lipinski definition) is 7. The van der Waals surface area contributed by atoms with Crippen LogP contribution in [0.2, 0.25) is 0 Å². The van der Waals surface area contributed by atoms with Crippen LogP contribution < -0.4 is 10.6 Å². The quantitative estimate of drug-likeness (QED) is 0.00761. The number of azo groups is 2. The summed E-state index contributed by atoms with van der Waals surface area (Å²) in [6, 6.07) is 12.2. The van der Waals surface area contributed by atoms with Crippen LogP contribution in [0.25, 0.3) is 27.5 Å². The van der Waals surface area contributed by atoms with Crippen LogP contribution in [0.4, 0.5) is 23.0 Å². The van der Waals surface area contributed by atoms with Gasteiger partial charge >= 0.3 is 11.4 Å². The van der Waals surface area contributed by atoms with Crippen LogP contribution in [-0.4, -0.2) is 106 Å². The van der Waals surface area contributed by atoms with Gasteiger partial charge in [-0.1, -0.05) is 46.2 Å². The highest BCUT2D eigenvalue weighted by Gasteiger charge is 2.24. The minimum atomic E-state index is -5.02. The third kappa shape index (κ3) is 16.6. The summed E-state index contributed by atoms with van der Waals surface area (Å²) < 4.78 is 158. The first-order chi connectivity index (χ1) is 36.9. The zero-order valence-electron chi connectivity index (χ0n) is 42.4. The van der Waals surface area contributed by atoms with E-state index in [0.29, 0.717) is 35.3 Å². The molecular weight excluding hydrogens is 1150 g/mol. The normalized spacial score (nSPS) is 13.8. The summed E-state index contributed by atoms with van der Waals surface area (Å²) in [5, 5.41) is 50.8. The zero-order chi connectivity index (χ0) is 59.3. The van der Waals surface area contributed by atoms with Crippen molar-refractivity contribution in [3.8, 4) is 17.8 Å². The van der Waals surface area contributed by atoms with Crippen LogP contribution in [0.3, 0.4) is 0 Å². The summed E-state index contributed by atoms with van der Waals surface area (Å²) in [5.41, 5.74) is 2.59. The summed E-state index contributed by atoms with van der Waals surface area (Å²) in [6.07, 6.45) is 1.27. The highest BCUT2D eigenvalue weighted by atomic mass is 32.2. The van der Waals surface area contributed by atoms with Gasteiger partial charge in [0.25, 0.3) is 30.4 Å². The van der Waals surface area contributed by atoms with Gasteiger partial charge in [0, 0.05) is 46.0 Å². The molecule has 0 aliphatic heterocycles. The minimum absolute atomic E-state index is 0.00826. The van der Waals surface area contributed by atoms with Gasteiger partial charge in [0.1, 0.15) is 49.0 Å². The molecule has 0 bridgehead atoms. The van der Waals surface area contributed by atoms with Gasteiger partial charge in [-0.05, 0) is 92.1 Å². The fourth-order valence-electron chi connectivity index (χ4n) is 6.73. The lowest BCUT2D eigenvalue weighted by Gasteiger charge is -2.15. The molecule has 0 saturated heterocycles. The van der Waals surface area contributed by atoms with Crippen molar-refractivity contribution in [2.75, 3.05) is 36.1 Å². The van der Waals surface area contributed by atoms with E-state index in [2.05, 4.69) is 82.8 Å². The van der Waals surface area contributed by atoms with Crippen molar-refractivity contribution in [1.29, 1.82) is 10.5 Å². The number of allylic oxidation sites excluding steroid dienone is 4. The Morgan fingerprint density at radius 3 is 2.06 bits per heavy atom. The van der Waals surface area contributed by atoms with Crippen molar-refractivity contribution in [3.63, 3.8) is 0 Å². The van der Waals surface area contributed by atoms with Crippen LogP contribution >= 0.6 is 0 Å². The van der Waals surface area contributed by atoms with Crippen LogP contribution in [0.1, 0.15) is 51.7 Å². The van der Waals surface area contributed by atoms with Gasteiger partial charge in [0.05, 0.1) is 45.8 Å². The number of aromatic nitrogens is 4. The molecule has 7 N–H and O–H groups in total. The topological polar surface area (TPSA) is 429 Å². The number of rotatable bonds is 24. The van der Waals surface area contributed by atoms with Gasteiger partial charge in [0.2, 0.25) is 0 Å². The Bertz CT molecular complexity index is 3950. The summed E-state index contributed by atoms with van der Waals surface area (Å²) in [5.74, 6) is 0.151. The van der Waals surface area contributed by atoms with E-state index < -0.39 is 78.3 Å². The van der Waals surface area contributed by atoms with Crippen LogP contribution in [0.5, 0.6) is 0 Å². The summed E-state index contributed by atoms with van der Waals surface area (Å²) >= 11 is -5.18. The van der Waals surface area contributed by atoms with Crippen molar-refractivity contribution in [2.45, 2.75) is 62.1 Å². The molecule has 33 heteroatoms. The van der Waals surface area contributed by atoms with Gasteiger partial charge in [-0.3, -0.25) is 26.6 Å². The maximum Gasteiger partial charge on any atom is 0.301 e.